The maximum atomic E-state index is 11.2. The van der Waals surface area contributed by atoms with Gasteiger partial charge in [0.15, 0.2) is 4.88 Å². The van der Waals surface area contributed by atoms with Gasteiger partial charge in [-0.2, -0.15) is 0 Å². The molecule has 0 aliphatic carbocycles. The van der Waals surface area contributed by atoms with Crippen molar-refractivity contribution in [2.45, 2.75) is 26.2 Å². The molecule has 0 saturated heterocycles. The molecule has 2 rings (SSSR count). The Morgan fingerprint density at radius 3 is 2.84 bits per heavy atom. The van der Waals surface area contributed by atoms with Gasteiger partial charge in [-0.25, -0.2) is 4.79 Å². The number of hydrogen-bond acceptors (Lipinski definition) is 4. The molecule has 0 aliphatic rings. The number of thiophene rings is 2. The van der Waals surface area contributed by atoms with Crippen LogP contribution in [0.2, 0.25) is 0 Å². The minimum absolute atomic E-state index is 0.301. The summed E-state index contributed by atoms with van der Waals surface area (Å²) in [6.07, 6.45) is 0.809. The van der Waals surface area contributed by atoms with Gasteiger partial charge in [-0.1, -0.05) is 19.9 Å². The normalized spacial score (nSPS) is 10.9. The Morgan fingerprint density at radius 2 is 2.26 bits per heavy atom. The van der Waals surface area contributed by atoms with Crippen LogP contribution in [0.4, 0.5) is 0 Å². The summed E-state index contributed by atoms with van der Waals surface area (Å²) in [5.74, 6) is -0.0986. The van der Waals surface area contributed by atoms with Gasteiger partial charge >= 0.3 is 5.97 Å². The van der Waals surface area contributed by atoms with Crippen molar-refractivity contribution in [3.63, 3.8) is 0 Å². The third-order valence-electron chi connectivity index (χ3n) is 2.67. The molecule has 3 nitrogen and oxygen atoms in total. The van der Waals surface area contributed by atoms with Gasteiger partial charge in [0.25, 0.3) is 0 Å². The lowest BCUT2D eigenvalue weighted by Crippen LogP contribution is -2.03. The summed E-state index contributed by atoms with van der Waals surface area (Å²) in [4.78, 5) is 13.8. The summed E-state index contributed by atoms with van der Waals surface area (Å²) in [5, 5.41) is 11.2. The summed E-state index contributed by atoms with van der Waals surface area (Å²) in [6, 6.07) is 5.91. The van der Waals surface area contributed by atoms with Crippen molar-refractivity contribution in [3.05, 3.63) is 38.2 Å². The molecule has 102 valence electrons. The molecule has 2 aromatic rings. The molecule has 0 bridgehead atoms. The highest BCUT2D eigenvalue weighted by Crippen LogP contribution is 2.33. The van der Waals surface area contributed by atoms with Crippen LogP contribution in [0.15, 0.2) is 23.6 Å². The Labute approximate surface area is 120 Å². The van der Waals surface area contributed by atoms with Crippen LogP contribution in [0, 0.1) is 0 Å². The molecule has 0 aliphatic heterocycles. The highest BCUT2D eigenvalue weighted by Gasteiger charge is 2.18. The van der Waals surface area contributed by atoms with Crippen molar-refractivity contribution in [1.82, 2.24) is 0 Å². The molecular formula is C14H16O3S2. The maximum absolute atomic E-state index is 11.2. The van der Waals surface area contributed by atoms with Crippen molar-refractivity contribution in [2.75, 3.05) is 6.61 Å². The second kappa shape index (κ2) is 6.21. The van der Waals surface area contributed by atoms with Crippen molar-refractivity contribution in [1.29, 1.82) is 0 Å². The van der Waals surface area contributed by atoms with Crippen LogP contribution in [0.25, 0.3) is 0 Å². The van der Waals surface area contributed by atoms with E-state index in [1.165, 1.54) is 16.2 Å². The number of ether oxygens (including phenoxy) is 1. The molecule has 0 spiro atoms. The Hall–Kier alpha value is -1.33. The van der Waals surface area contributed by atoms with E-state index in [9.17, 15) is 9.90 Å². The Kier molecular flexibility index (Phi) is 4.61. The molecule has 1 N–H and O–H groups in total. The SMILES string of the molecule is CC(C)c1cc(OCCc2cccs2)c(C(=O)O)s1. The molecule has 0 aromatic carbocycles. The smallest absolute Gasteiger partial charge is 0.349 e. The van der Waals surface area contributed by atoms with E-state index >= 15 is 0 Å². The van der Waals surface area contributed by atoms with Crippen LogP contribution in [0.3, 0.4) is 0 Å². The molecule has 19 heavy (non-hydrogen) atoms. The number of carboxylic acids is 1. The Bertz CT molecular complexity index is 541. The first-order chi connectivity index (χ1) is 9.08. The first-order valence-electron chi connectivity index (χ1n) is 6.10. The summed E-state index contributed by atoms with van der Waals surface area (Å²) in [6.45, 7) is 4.61. The molecule has 0 atom stereocenters. The van der Waals surface area contributed by atoms with Gasteiger partial charge in [-0.15, -0.1) is 22.7 Å². The van der Waals surface area contributed by atoms with E-state index in [2.05, 4.69) is 6.07 Å². The van der Waals surface area contributed by atoms with Gasteiger partial charge in [0.05, 0.1) is 6.61 Å². The molecule has 0 radical (unpaired) electrons. The Balaban J connectivity index is 2.04. The van der Waals surface area contributed by atoms with E-state index in [0.717, 1.165) is 11.3 Å². The van der Waals surface area contributed by atoms with Crippen LogP contribution in [-0.2, 0) is 6.42 Å². The largest absolute Gasteiger partial charge is 0.491 e. The number of carboxylic acid groups (broad SMARTS) is 1. The van der Waals surface area contributed by atoms with Crippen LogP contribution >= 0.6 is 22.7 Å². The van der Waals surface area contributed by atoms with Crippen LogP contribution < -0.4 is 4.74 Å². The number of aromatic carboxylic acids is 1. The first-order valence-corrected chi connectivity index (χ1v) is 7.79. The van der Waals surface area contributed by atoms with Crippen LogP contribution in [0.5, 0.6) is 5.75 Å². The third kappa shape index (κ3) is 3.58. The highest BCUT2D eigenvalue weighted by molar-refractivity contribution is 7.14. The number of rotatable bonds is 6. The van der Waals surface area contributed by atoms with E-state index in [1.807, 2.05) is 31.4 Å². The number of carbonyl (C=O) groups is 1. The topological polar surface area (TPSA) is 46.5 Å². The fraction of sp³-hybridized carbons (Fsp3) is 0.357. The maximum Gasteiger partial charge on any atom is 0.349 e. The molecule has 0 amide bonds. The van der Waals surface area contributed by atoms with Gasteiger partial charge in [0.1, 0.15) is 5.75 Å². The van der Waals surface area contributed by atoms with E-state index in [-0.39, 0.29) is 0 Å². The predicted octanol–water partition coefficient (Wildman–Crippen LogP) is 4.25. The molecule has 5 heteroatoms. The summed E-state index contributed by atoms with van der Waals surface area (Å²) in [5.41, 5.74) is 0. The minimum Gasteiger partial charge on any atom is -0.491 e. The van der Waals surface area contributed by atoms with Crippen molar-refractivity contribution < 1.29 is 14.6 Å². The van der Waals surface area contributed by atoms with Gasteiger partial charge in [-0.05, 0) is 23.4 Å². The van der Waals surface area contributed by atoms with E-state index < -0.39 is 5.97 Å². The van der Waals surface area contributed by atoms with Gasteiger partial charge in [0, 0.05) is 16.2 Å². The predicted molar refractivity (Wildman–Crippen MR) is 78.9 cm³/mol. The third-order valence-corrected chi connectivity index (χ3v) is 5.01. The van der Waals surface area contributed by atoms with E-state index in [0.29, 0.717) is 23.2 Å². The van der Waals surface area contributed by atoms with Gasteiger partial charge in [0.2, 0.25) is 0 Å². The van der Waals surface area contributed by atoms with E-state index in [1.54, 1.807) is 11.3 Å². The van der Waals surface area contributed by atoms with Gasteiger partial charge < -0.3 is 9.84 Å². The van der Waals surface area contributed by atoms with Crippen molar-refractivity contribution in [2.24, 2.45) is 0 Å². The Morgan fingerprint density at radius 1 is 1.47 bits per heavy atom. The standard InChI is InChI=1S/C14H16O3S2/c1-9(2)12-8-11(13(19-12)14(15)16)17-6-5-10-4-3-7-18-10/h3-4,7-9H,5-6H2,1-2H3,(H,15,16). The second-order valence-corrected chi connectivity index (χ2v) is 6.60. The van der Waals surface area contributed by atoms with Crippen molar-refractivity contribution in [3.8, 4) is 5.75 Å². The molecule has 2 heterocycles. The van der Waals surface area contributed by atoms with Crippen molar-refractivity contribution >= 4 is 28.6 Å². The van der Waals surface area contributed by atoms with Gasteiger partial charge in [-0.3, -0.25) is 0 Å². The summed E-state index contributed by atoms with van der Waals surface area (Å²) in [7, 11) is 0. The van der Waals surface area contributed by atoms with E-state index in [4.69, 9.17) is 4.74 Å². The summed E-state index contributed by atoms with van der Waals surface area (Å²) < 4.78 is 5.64. The molecule has 0 fully saturated rings. The number of hydrogen-bond donors (Lipinski definition) is 1. The lowest BCUT2D eigenvalue weighted by Gasteiger charge is -2.04. The molecule has 0 saturated carbocycles. The second-order valence-electron chi connectivity index (χ2n) is 4.48. The zero-order valence-electron chi connectivity index (χ0n) is 10.9. The first kappa shape index (κ1) is 14.1. The monoisotopic (exact) mass is 296 g/mol. The quantitative estimate of drug-likeness (QED) is 0.866. The molecule has 2 aromatic heterocycles. The highest BCUT2D eigenvalue weighted by atomic mass is 32.1. The van der Waals surface area contributed by atoms with Crippen LogP contribution in [-0.4, -0.2) is 17.7 Å². The zero-order valence-corrected chi connectivity index (χ0v) is 12.5. The lowest BCUT2D eigenvalue weighted by molar-refractivity contribution is 0.0698. The average molecular weight is 296 g/mol. The minimum atomic E-state index is -0.914. The lowest BCUT2D eigenvalue weighted by atomic mass is 10.2. The molecular weight excluding hydrogens is 280 g/mol. The van der Waals surface area contributed by atoms with Crippen LogP contribution in [0.1, 0.15) is 39.2 Å². The molecule has 0 unspecified atom stereocenters. The zero-order chi connectivity index (χ0) is 13.8. The fourth-order valence-corrected chi connectivity index (χ4v) is 3.28. The average Bonchev–Trinajstić information content (AvgIpc) is 2.97. The fourth-order valence-electron chi connectivity index (χ4n) is 1.65. The summed E-state index contributed by atoms with van der Waals surface area (Å²) >= 11 is 2.99.